The van der Waals surface area contributed by atoms with Crippen LogP contribution in [0.4, 0.5) is 0 Å². The molecule has 21 heavy (non-hydrogen) atoms. The number of sulfone groups is 1. The lowest BCUT2D eigenvalue weighted by Crippen LogP contribution is -2.08. The van der Waals surface area contributed by atoms with Gasteiger partial charge in [-0.15, -0.1) is 0 Å². The molecular weight excluding hydrogens is 284 g/mol. The number of fused-ring (bicyclic) bond motifs is 1. The van der Waals surface area contributed by atoms with Gasteiger partial charge < -0.3 is 4.98 Å². The highest BCUT2D eigenvalue weighted by atomic mass is 32.2. The van der Waals surface area contributed by atoms with E-state index in [4.69, 9.17) is 0 Å². The van der Waals surface area contributed by atoms with E-state index in [0.717, 1.165) is 22.2 Å². The molecular formula is C16H16N2O2S. The Morgan fingerprint density at radius 1 is 1.00 bits per heavy atom. The van der Waals surface area contributed by atoms with E-state index in [2.05, 4.69) is 9.97 Å². The van der Waals surface area contributed by atoms with Crippen LogP contribution in [-0.4, -0.2) is 18.4 Å². The summed E-state index contributed by atoms with van der Waals surface area (Å²) >= 11 is 0. The maximum absolute atomic E-state index is 12.9. The average molecular weight is 300 g/mol. The van der Waals surface area contributed by atoms with Gasteiger partial charge in [0, 0.05) is 0 Å². The van der Waals surface area contributed by atoms with Crippen LogP contribution in [0.2, 0.25) is 0 Å². The molecule has 0 aliphatic heterocycles. The fourth-order valence-electron chi connectivity index (χ4n) is 2.74. The van der Waals surface area contributed by atoms with E-state index in [1.165, 1.54) is 0 Å². The first kappa shape index (κ1) is 13.8. The van der Waals surface area contributed by atoms with Gasteiger partial charge in [0.25, 0.3) is 0 Å². The Labute approximate surface area is 123 Å². The largest absolute Gasteiger partial charge is 0.328 e. The highest BCUT2D eigenvalue weighted by Crippen LogP contribution is 2.27. The molecule has 0 bridgehead atoms. The van der Waals surface area contributed by atoms with Crippen molar-refractivity contribution >= 4 is 20.9 Å². The molecule has 1 aromatic heterocycles. The number of aromatic nitrogens is 2. The Morgan fingerprint density at radius 2 is 1.62 bits per heavy atom. The molecule has 1 N–H and O–H groups in total. The lowest BCUT2D eigenvalue weighted by Gasteiger charge is -2.10. The zero-order chi connectivity index (χ0) is 15.2. The molecule has 0 spiro atoms. The molecule has 2 aromatic carbocycles. The minimum absolute atomic E-state index is 0.00115. The number of nitrogens with one attached hydrogen (secondary N) is 1. The van der Waals surface area contributed by atoms with Crippen LogP contribution >= 0.6 is 0 Å². The third kappa shape index (κ3) is 2.23. The second kappa shape index (κ2) is 4.70. The molecule has 108 valence electrons. The second-order valence-corrected chi connectivity index (χ2v) is 7.09. The van der Waals surface area contributed by atoms with E-state index >= 15 is 0 Å². The summed E-state index contributed by atoms with van der Waals surface area (Å²) in [6.07, 6.45) is 0. The summed E-state index contributed by atoms with van der Waals surface area (Å²) in [5.41, 5.74) is 3.91. The van der Waals surface area contributed by atoms with E-state index < -0.39 is 9.84 Å². The van der Waals surface area contributed by atoms with Gasteiger partial charge in [-0.2, -0.15) is 0 Å². The van der Waals surface area contributed by atoms with Crippen LogP contribution in [0.3, 0.4) is 0 Å². The summed E-state index contributed by atoms with van der Waals surface area (Å²) in [5.74, 6) is 0. The molecule has 0 fully saturated rings. The Hall–Kier alpha value is -2.14. The zero-order valence-electron chi connectivity index (χ0n) is 12.1. The molecule has 0 aliphatic carbocycles. The van der Waals surface area contributed by atoms with Crippen molar-refractivity contribution in [3.05, 3.63) is 53.1 Å². The van der Waals surface area contributed by atoms with Crippen LogP contribution in [0, 0.1) is 20.8 Å². The molecule has 0 saturated carbocycles. The van der Waals surface area contributed by atoms with Gasteiger partial charge in [-0.25, -0.2) is 13.4 Å². The Morgan fingerprint density at radius 3 is 2.24 bits per heavy atom. The SMILES string of the molecule is Cc1cc(C)c(S(=O)(=O)c2nc3ccccc3[nH]2)c(C)c1. The van der Waals surface area contributed by atoms with Crippen molar-refractivity contribution < 1.29 is 8.42 Å². The molecule has 0 amide bonds. The molecule has 3 rings (SSSR count). The van der Waals surface area contributed by atoms with Crippen LogP contribution in [0.5, 0.6) is 0 Å². The van der Waals surface area contributed by atoms with Crippen LogP contribution in [0.15, 0.2) is 46.5 Å². The molecule has 5 heteroatoms. The number of para-hydroxylation sites is 2. The first-order valence-electron chi connectivity index (χ1n) is 6.67. The van der Waals surface area contributed by atoms with Crippen molar-refractivity contribution in [2.45, 2.75) is 30.8 Å². The van der Waals surface area contributed by atoms with Gasteiger partial charge in [-0.3, -0.25) is 0 Å². The molecule has 1 heterocycles. The van der Waals surface area contributed by atoms with E-state index in [0.29, 0.717) is 10.4 Å². The lowest BCUT2D eigenvalue weighted by molar-refractivity contribution is 0.588. The van der Waals surface area contributed by atoms with Crippen molar-refractivity contribution in [3.63, 3.8) is 0 Å². The first-order chi connectivity index (χ1) is 9.89. The van der Waals surface area contributed by atoms with E-state index in [1.54, 1.807) is 6.07 Å². The molecule has 0 unspecified atom stereocenters. The fraction of sp³-hybridized carbons (Fsp3) is 0.188. The number of H-pyrrole nitrogens is 1. The summed E-state index contributed by atoms with van der Waals surface area (Å²) in [4.78, 5) is 7.47. The topological polar surface area (TPSA) is 62.8 Å². The highest BCUT2D eigenvalue weighted by Gasteiger charge is 2.25. The number of nitrogens with zero attached hydrogens (tertiary/aromatic N) is 1. The van der Waals surface area contributed by atoms with Gasteiger partial charge >= 0.3 is 0 Å². The van der Waals surface area contributed by atoms with Gasteiger partial charge in [-0.1, -0.05) is 29.8 Å². The minimum atomic E-state index is -3.65. The molecule has 0 radical (unpaired) electrons. The number of rotatable bonds is 2. The third-order valence-corrected chi connectivity index (χ3v) is 5.38. The molecule has 3 aromatic rings. The van der Waals surface area contributed by atoms with Crippen molar-refractivity contribution in [2.75, 3.05) is 0 Å². The molecule has 0 saturated heterocycles. The predicted molar refractivity (Wildman–Crippen MR) is 82.2 cm³/mol. The normalized spacial score (nSPS) is 12.0. The van der Waals surface area contributed by atoms with Gasteiger partial charge in [0.15, 0.2) is 0 Å². The van der Waals surface area contributed by atoms with Crippen molar-refractivity contribution in [3.8, 4) is 0 Å². The Bertz CT molecular complexity index is 884. The maximum atomic E-state index is 12.9. The number of hydrogen-bond acceptors (Lipinski definition) is 3. The highest BCUT2D eigenvalue weighted by molar-refractivity contribution is 7.91. The van der Waals surface area contributed by atoms with Crippen LogP contribution in [-0.2, 0) is 9.84 Å². The van der Waals surface area contributed by atoms with Gasteiger partial charge in [0.2, 0.25) is 15.0 Å². The fourth-order valence-corrected chi connectivity index (χ4v) is 4.37. The summed E-state index contributed by atoms with van der Waals surface area (Å²) in [6.45, 7) is 5.59. The van der Waals surface area contributed by atoms with Crippen LogP contribution < -0.4 is 0 Å². The molecule has 4 nitrogen and oxygen atoms in total. The summed E-state index contributed by atoms with van der Waals surface area (Å²) in [6, 6.07) is 11.0. The number of aromatic amines is 1. The molecule has 0 aliphatic rings. The zero-order valence-corrected chi connectivity index (χ0v) is 13.0. The van der Waals surface area contributed by atoms with E-state index in [-0.39, 0.29) is 5.16 Å². The Balaban J connectivity index is 2.25. The standard InChI is InChI=1S/C16H16N2O2S/c1-10-8-11(2)15(12(3)9-10)21(19,20)16-17-13-6-4-5-7-14(13)18-16/h4-9H,1-3H3,(H,17,18). The van der Waals surface area contributed by atoms with Crippen molar-refractivity contribution in [1.29, 1.82) is 0 Å². The average Bonchev–Trinajstić information content (AvgIpc) is 2.81. The minimum Gasteiger partial charge on any atom is -0.328 e. The summed E-state index contributed by atoms with van der Waals surface area (Å²) < 4.78 is 25.7. The third-order valence-electron chi connectivity index (χ3n) is 3.50. The van der Waals surface area contributed by atoms with E-state index in [1.807, 2.05) is 51.1 Å². The summed E-state index contributed by atoms with van der Waals surface area (Å²) in [5, 5.41) is -0.00115. The smallest absolute Gasteiger partial charge is 0.240 e. The quantitative estimate of drug-likeness (QED) is 0.789. The van der Waals surface area contributed by atoms with Gasteiger partial charge in [0.05, 0.1) is 15.9 Å². The van der Waals surface area contributed by atoms with E-state index in [9.17, 15) is 8.42 Å². The van der Waals surface area contributed by atoms with Crippen LogP contribution in [0.25, 0.3) is 11.0 Å². The molecule has 0 atom stereocenters. The second-order valence-electron chi connectivity index (χ2n) is 5.29. The first-order valence-corrected chi connectivity index (χ1v) is 8.15. The lowest BCUT2D eigenvalue weighted by atomic mass is 10.1. The number of benzene rings is 2. The predicted octanol–water partition coefficient (Wildman–Crippen LogP) is 3.32. The van der Waals surface area contributed by atoms with Crippen molar-refractivity contribution in [2.24, 2.45) is 0 Å². The number of hydrogen-bond donors (Lipinski definition) is 1. The maximum Gasteiger partial charge on any atom is 0.240 e. The monoisotopic (exact) mass is 300 g/mol. The number of imidazole rings is 1. The van der Waals surface area contributed by atoms with Crippen LogP contribution in [0.1, 0.15) is 16.7 Å². The van der Waals surface area contributed by atoms with Gasteiger partial charge in [-0.05, 0) is 44.0 Å². The summed E-state index contributed by atoms with van der Waals surface area (Å²) in [7, 11) is -3.65. The van der Waals surface area contributed by atoms with Gasteiger partial charge in [0.1, 0.15) is 0 Å². The Kier molecular flexibility index (Phi) is 3.10. The number of aryl methyl sites for hydroxylation is 3. The van der Waals surface area contributed by atoms with Crippen molar-refractivity contribution in [1.82, 2.24) is 9.97 Å².